The molecule has 1 aromatic heterocycles. The van der Waals surface area contributed by atoms with Crippen LogP contribution in [0, 0.1) is 0 Å². The Morgan fingerprint density at radius 2 is 1.97 bits per heavy atom. The normalized spacial score (nSPS) is 16.6. The van der Waals surface area contributed by atoms with E-state index in [1.54, 1.807) is 29.2 Å². The molecule has 0 bridgehead atoms. The number of urea groups is 1. The molecular weight excluding hydrogens is 420 g/mol. The van der Waals surface area contributed by atoms with Crippen LogP contribution in [0.3, 0.4) is 0 Å². The lowest BCUT2D eigenvalue weighted by Gasteiger charge is -2.39. The fourth-order valence-electron chi connectivity index (χ4n) is 3.59. The number of hydrogen-bond donors (Lipinski definition) is 3. The Bertz CT molecular complexity index is 1120. The third-order valence-electron chi connectivity index (χ3n) is 5.22. The van der Waals surface area contributed by atoms with Gasteiger partial charge in [-0.05, 0) is 42.0 Å². The van der Waals surface area contributed by atoms with Crippen LogP contribution in [0.2, 0.25) is 5.02 Å². The van der Waals surface area contributed by atoms with Gasteiger partial charge in [0.25, 0.3) is 0 Å². The van der Waals surface area contributed by atoms with Crippen molar-refractivity contribution in [3.63, 3.8) is 0 Å². The molecule has 1 atom stereocenters. The summed E-state index contributed by atoms with van der Waals surface area (Å²) < 4.78 is 0. The molecule has 3 amide bonds. The van der Waals surface area contributed by atoms with E-state index in [0.29, 0.717) is 41.7 Å². The van der Waals surface area contributed by atoms with Gasteiger partial charge in [-0.2, -0.15) is 0 Å². The number of aliphatic hydroxyl groups is 1. The van der Waals surface area contributed by atoms with Gasteiger partial charge in [0.2, 0.25) is 5.91 Å². The zero-order chi connectivity index (χ0) is 22.0. The number of hydrogen-bond acceptors (Lipinski definition) is 6. The molecule has 0 saturated carbocycles. The van der Waals surface area contributed by atoms with Crippen molar-refractivity contribution in [2.75, 3.05) is 30.7 Å². The average molecular weight is 441 g/mol. The standard InChI is InChI=1S/C21H21ClN6O3/c22-14-2-4-15(5-3-14)26-21(31)28-8-7-27(20(30)18(28)11-29)10-13-1-6-16-17(9-13)24-12-25-19(16)23/h1-6,9,12,18,29H,7-8,10-11H2,(H,26,31)(H2,23,24,25)/t18-/m0/s1. The number of nitrogens with two attached hydrogens (primary N) is 1. The molecular formula is C21H21ClN6O3. The van der Waals surface area contributed by atoms with Crippen LogP contribution in [0.15, 0.2) is 48.8 Å². The predicted octanol–water partition coefficient (Wildman–Crippen LogP) is 2.10. The highest BCUT2D eigenvalue weighted by molar-refractivity contribution is 6.30. The van der Waals surface area contributed by atoms with E-state index in [0.717, 1.165) is 10.9 Å². The molecule has 2 heterocycles. The average Bonchev–Trinajstić information content (AvgIpc) is 2.76. The zero-order valence-corrected chi connectivity index (χ0v) is 17.3. The molecule has 0 spiro atoms. The summed E-state index contributed by atoms with van der Waals surface area (Å²) in [5, 5.41) is 13.9. The topological polar surface area (TPSA) is 125 Å². The number of fused-ring (bicyclic) bond motifs is 1. The van der Waals surface area contributed by atoms with Crippen molar-refractivity contribution in [1.82, 2.24) is 19.8 Å². The van der Waals surface area contributed by atoms with Gasteiger partial charge in [0.1, 0.15) is 18.2 Å². The minimum Gasteiger partial charge on any atom is -0.394 e. The highest BCUT2D eigenvalue weighted by atomic mass is 35.5. The van der Waals surface area contributed by atoms with Gasteiger partial charge in [-0.25, -0.2) is 14.8 Å². The number of carbonyl (C=O) groups excluding carboxylic acids is 2. The number of carbonyl (C=O) groups is 2. The fraction of sp³-hybridized carbons (Fsp3) is 0.238. The number of benzene rings is 2. The van der Waals surface area contributed by atoms with Crippen LogP contribution in [0.5, 0.6) is 0 Å². The summed E-state index contributed by atoms with van der Waals surface area (Å²) in [5.74, 6) is 0.0792. The molecule has 9 nitrogen and oxygen atoms in total. The summed E-state index contributed by atoms with van der Waals surface area (Å²) in [5.41, 5.74) is 7.98. The van der Waals surface area contributed by atoms with Gasteiger partial charge < -0.3 is 26.0 Å². The van der Waals surface area contributed by atoms with Crippen LogP contribution in [-0.2, 0) is 11.3 Å². The van der Waals surface area contributed by atoms with Gasteiger partial charge in [0, 0.05) is 35.7 Å². The molecule has 1 aliphatic heterocycles. The molecule has 4 N–H and O–H groups in total. The first kappa shape index (κ1) is 20.8. The second-order valence-electron chi connectivity index (χ2n) is 7.20. The first-order chi connectivity index (χ1) is 15.0. The summed E-state index contributed by atoms with van der Waals surface area (Å²) >= 11 is 5.86. The number of nitrogens with zero attached hydrogens (tertiary/aromatic N) is 4. The van der Waals surface area contributed by atoms with Crippen molar-refractivity contribution in [1.29, 1.82) is 0 Å². The van der Waals surface area contributed by atoms with Gasteiger partial charge >= 0.3 is 6.03 Å². The Kier molecular flexibility index (Phi) is 5.88. The Hall–Kier alpha value is -3.43. The fourth-order valence-corrected chi connectivity index (χ4v) is 3.71. The quantitative estimate of drug-likeness (QED) is 0.570. The van der Waals surface area contributed by atoms with Crippen molar-refractivity contribution in [3.8, 4) is 0 Å². The van der Waals surface area contributed by atoms with Crippen molar-refractivity contribution in [2.45, 2.75) is 12.6 Å². The van der Waals surface area contributed by atoms with Gasteiger partial charge in [-0.3, -0.25) is 4.79 Å². The van der Waals surface area contributed by atoms with Crippen molar-refractivity contribution >= 4 is 45.9 Å². The third-order valence-corrected chi connectivity index (χ3v) is 5.47. The predicted molar refractivity (Wildman–Crippen MR) is 117 cm³/mol. The maximum absolute atomic E-state index is 13.0. The summed E-state index contributed by atoms with van der Waals surface area (Å²) in [6, 6.07) is 10.8. The Morgan fingerprint density at radius 1 is 1.19 bits per heavy atom. The van der Waals surface area contributed by atoms with E-state index >= 15 is 0 Å². The van der Waals surface area contributed by atoms with Gasteiger partial charge in [0.15, 0.2) is 0 Å². The van der Waals surface area contributed by atoms with Crippen LogP contribution in [-0.4, -0.2) is 62.6 Å². The SMILES string of the molecule is Nc1ncnc2cc(CN3CCN(C(=O)Nc4ccc(Cl)cc4)[C@@H](CO)C3=O)ccc12. The first-order valence-electron chi connectivity index (χ1n) is 9.68. The zero-order valence-electron chi connectivity index (χ0n) is 16.5. The summed E-state index contributed by atoms with van der Waals surface area (Å²) in [4.78, 5) is 36.8. The number of rotatable bonds is 4. The Morgan fingerprint density at radius 3 is 2.71 bits per heavy atom. The maximum atomic E-state index is 13.0. The van der Waals surface area contributed by atoms with Crippen LogP contribution >= 0.6 is 11.6 Å². The van der Waals surface area contributed by atoms with E-state index in [2.05, 4.69) is 15.3 Å². The molecule has 1 aliphatic rings. The smallest absolute Gasteiger partial charge is 0.322 e. The van der Waals surface area contributed by atoms with Crippen LogP contribution < -0.4 is 11.1 Å². The number of nitrogen functional groups attached to an aromatic ring is 1. The number of aliphatic hydroxyl groups excluding tert-OH is 1. The lowest BCUT2D eigenvalue weighted by Crippen LogP contribution is -2.60. The molecule has 10 heteroatoms. The van der Waals surface area contributed by atoms with E-state index in [9.17, 15) is 14.7 Å². The van der Waals surface area contributed by atoms with E-state index < -0.39 is 18.7 Å². The Labute approximate surface area is 183 Å². The summed E-state index contributed by atoms with van der Waals surface area (Å²) in [6.45, 7) is 0.499. The molecule has 0 unspecified atom stereocenters. The number of halogens is 1. The molecule has 1 saturated heterocycles. The lowest BCUT2D eigenvalue weighted by molar-refractivity contribution is -0.142. The molecule has 0 aliphatic carbocycles. The second kappa shape index (κ2) is 8.75. The second-order valence-corrected chi connectivity index (χ2v) is 7.64. The van der Waals surface area contributed by atoms with Crippen LogP contribution in [0.4, 0.5) is 16.3 Å². The molecule has 0 radical (unpaired) electrons. The van der Waals surface area contributed by atoms with Gasteiger partial charge in [-0.15, -0.1) is 0 Å². The monoisotopic (exact) mass is 440 g/mol. The summed E-state index contributed by atoms with van der Waals surface area (Å²) in [7, 11) is 0. The molecule has 2 aromatic carbocycles. The number of aromatic nitrogens is 2. The molecule has 31 heavy (non-hydrogen) atoms. The number of piperazine rings is 1. The van der Waals surface area contributed by atoms with Gasteiger partial charge in [0.05, 0.1) is 12.1 Å². The van der Waals surface area contributed by atoms with E-state index in [1.807, 2.05) is 18.2 Å². The van der Waals surface area contributed by atoms with Crippen molar-refractivity contribution in [2.24, 2.45) is 0 Å². The van der Waals surface area contributed by atoms with Gasteiger partial charge in [-0.1, -0.05) is 17.7 Å². The minimum atomic E-state index is -0.959. The number of nitrogens with one attached hydrogen (secondary N) is 1. The van der Waals surface area contributed by atoms with E-state index in [1.165, 1.54) is 11.2 Å². The van der Waals surface area contributed by atoms with Crippen molar-refractivity contribution in [3.05, 3.63) is 59.4 Å². The number of anilines is 2. The highest BCUT2D eigenvalue weighted by Gasteiger charge is 2.37. The van der Waals surface area contributed by atoms with E-state index in [4.69, 9.17) is 17.3 Å². The van der Waals surface area contributed by atoms with Crippen LogP contribution in [0.25, 0.3) is 10.9 Å². The lowest BCUT2D eigenvalue weighted by atomic mass is 10.1. The molecule has 3 aromatic rings. The Balaban J connectivity index is 1.46. The molecule has 160 valence electrons. The third kappa shape index (κ3) is 4.37. The summed E-state index contributed by atoms with van der Waals surface area (Å²) in [6.07, 6.45) is 1.40. The largest absolute Gasteiger partial charge is 0.394 e. The first-order valence-corrected chi connectivity index (χ1v) is 10.1. The molecule has 1 fully saturated rings. The van der Waals surface area contributed by atoms with Crippen molar-refractivity contribution < 1.29 is 14.7 Å². The van der Waals surface area contributed by atoms with E-state index in [-0.39, 0.29) is 5.91 Å². The number of amides is 3. The van der Waals surface area contributed by atoms with Crippen LogP contribution in [0.1, 0.15) is 5.56 Å². The maximum Gasteiger partial charge on any atom is 0.322 e. The highest BCUT2D eigenvalue weighted by Crippen LogP contribution is 2.21. The minimum absolute atomic E-state index is 0.291. The molecule has 4 rings (SSSR count).